The van der Waals surface area contributed by atoms with Gasteiger partial charge in [0.15, 0.2) is 0 Å². The van der Waals surface area contributed by atoms with Crippen LogP contribution >= 0.6 is 27.7 Å². The fourth-order valence-electron chi connectivity index (χ4n) is 1.57. The topological polar surface area (TPSA) is 0 Å². The molecule has 0 aromatic heterocycles. The average molecular weight is 311 g/mol. The Balaban J connectivity index is 2.10. The van der Waals surface area contributed by atoms with Gasteiger partial charge in [0.1, 0.15) is 5.82 Å². The molecule has 0 bridgehead atoms. The molecule has 0 fully saturated rings. The molecule has 0 aliphatic rings. The Kier molecular flexibility index (Phi) is 4.24. The second-order valence-corrected chi connectivity index (χ2v) is 5.76. The second kappa shape index (κ2) is 5.69. The zero-order valence-corrected chi connectivity index (χ0v) is 11.8. The van der Waals surface area contributed by atoms with Gasteiger partial charge in [0, 0.05) is 15.1 Å². The largest absolute Gasteiger partial charge is 0.207 e. The van der Waals surface area contributed by atoms with Gasteiger partial charge < -0.3 is 0 Å². The molecule has 0 amide bonds. The maximum atomic E-state index is 13.2. The lowest BCUT2D eigenvalue weighted by Crippen LogP contribution is -1.85. The van der Waals surface area contributed by atoms with Crippen molar-refractivity contribution in [2.45, 2.75) is 17.6 Å². The third kappa shape index (κ3) is 3.58. The van der Waals surface area contributed by atoms with Gasteiger partial charge in [-0.1, -0.05) is 34.1 Å². The maximum absolute atomic E-state index is 13.2. The highest BCUT2D eigenvalue weighted by molar-refractivity contribution is 9.10. The zero-order chi connectivity index (χ0) is 12.3. The molecule has 0 radical (unpaired) electrons. The molecule has 88 valence electrons. The number of hydrogen-bond donors (Lipinski definition) is 0. The van der Waals surface area contributed by atoms with Crippen LogP contribution in [0.5, 0.6) is 0 Å². The molecule has 0 saturated heterocycles. The first-order chi connectivity index (χ1) is 8.15. The molecule has 17 heavy (non-hydrogen) atoms. The Bertz CT molecular complexity index is 505. The van der Waals surface area contributed by atoms with Gasteiger partial charge in [-0.3, -0.25) is 0 Å². The van der Waals surface area contributed by atoms with E-state index in [0.29, 0.717) is 0 Å². The molecule has 0 N–H and O–H groups in total. The Morgan fingerprint density at radius 1 is 1.18 bits per heavy atom. The number of aryl methyl sites for hydroxylation is 1. The molecule has 0 nitrogen and oxygen atoms in total. The van der Waals surface area contributed by atoms with Crippen molar-refractivity contribution in [3.05, 3.63) is 63.9 Å². The zero-order valence-electron chi connectivity index (χ0n) is 9.41. The number of thioether (sulfide) groups is 1. The van der Waals surface area contributed by atoms with Crippen LogP contribution in [0.3, 0.4) is 0 Å². The third-order valence-corrected chi connectivity index (χ3v) is 4.11. The molecule has 2 rings (SSSR count). The van der Waals surface area contributed by atoms with Gasteiger partial charge >= 0.3 is 0 Å². The van der Waals surface area contributed by atoms with Gasteiger partial charge in [0.05, 0.1) is 0 Å². The van der Waals surface area contributed by atoms with Crippen LogP contribution in [-0.2, 0) is 5.75 Å². The third-order valence-electron chi connectivity index (χ3n) is 2.41. The van der Waals surface area contributed by atoms with Crippen LogP contribution in [0.1, 0.15) is 11.1 Å². The van der Waals surface area contributed by atoms with E-state index in [4.69, 9.17) is 0 Å². The lowest BCUT2D eigenvalue weighted by Gasteiger charge is -2.06. The van der Waals surface area contributed by atoms with Crippen molar-refractivity contribution in [3.63, 3.8) is 0 Å². The summed E-state index contributed by atoms with van der Waals surface area (Å²) >= 11 is 5.03. The molecule has 0 atom stereocenters. The SMILES string of the molecule is Cc1ccccc1SCc1cc(F)cc(Br)c1. The smallest absolute Gasteiger partial charge is 0.124 e. The minimum absolute atomic E-state index is 0.195. The molecule has 0 saturated carbocycles. The van der Waals surface area contributed by atoms with Crippen LogP contribution in [0.4, 0.5) is 4.39 Å². The summed E-state index contributed by atoms with van der Waals surface area (Å²) in [6.45, 7) is 2.09. The van der Waals surface area contributed by atoms with E-state index < -0.39 is 0 Å². The van der Waals surface area contributed by atoms with Crippen molar-refractivity contribution >= 4 is 27.7 Å². The molecule has 2 aromatic rings. The minimum Gasteiger partial charge on any atom is -0.207 e. The van der Waals surface area contributed by atoms with Gasteiger partial charge in [-0.25, -0.2) is 4.39 Å². The van der Waals surface area contributed by atoms with Crippen LogP contribution in [0.25, 0.3) is 0 Å². The summed E-state index contributed by atoms with van der Waals surface area (Å²) in [5.41, 5.74) is 2.25. The molecular formula is C14H12BrFS. The Morgan fingerprint density at radius 2 is 1.94 bits per heavy atom. The molecule has 0 unspecified atom stereocenters. The van der Waals surface area contributed by atoms with Crippen molar-refractivity contribution in [1.29, 1.82) is 0 Å². The van der Waals surface area contributed by atoms with Gasteiger partial charge in [-0.05, 0) is 42.3 Å². The fourth-order valence-corrected chi connectivity index (χ4v) is 3.05. The van der Waals surface area contributed by atoms with Crippen molar-refractivity contribution in [3.8, 4) is 0 Å². The van der Waals surface area contributed by atoms with Gasteiger partial charge in [-0.15, -0.1) is 11.8 Å². The summed E-state index contributed by atoms with van der Waals surface area (Å²) in [4.78, 5) is 1.24. The highest BCUT2D eigenvalue weighted by atomic mass is 79.9. The number of benzene rings is 2. The summed E-state index contributed by atoms with van der Waals surface area (Å²) in [5.74, 6) is 0.584. The molecule has 0 heterocycles. The maximum Gasteiger partial charge on any atom is 0.124 e. The van der Waals surface area contributed by atoms with E-state index in [0.717, 1.165) is 15.8 Å². The van der Waals surface area contributed by atoms with E-state index in [1.54, 1.807) is 17.8 Å². The van der Waals surface area contributed by atoms with Crippen molar-refractivity contribution in [1.82, 2.24) is 0 Å². The Hall–Kier alpha value is -0.800. The fraction of sp³-hybridized carbons (Fsp3) is 0.143. The molecular weight excluding hydrogens is 299 g/mol. The summed E-state index contributed by atoms with van der Waals surface area (Å²) in [6, 6.07) is 13.2. The van der Waals surface area contributed by atoms with Crippen molar-refractivity contribution < 1.29 is 4.39 Å². The van der Waals surface area contributed by atoms with Crippen LogP contribution in [0, 0.1) is 12.7 Å². The lowest BCUT2D eigenvalue weighted by atomic mass is 10.2. The number of halogens is 2. The van der Waals surface area contributed by atoms with Gasteiger partial charge in [0.25, 0.3) is 0 Å². The van der Waals surface area contributed by atoms with Crippen LogP contribution < -0.4 is 0 Å². The predicted molar refractivity (Wildman–Crippen MR) is 74.8 cm³/mol. The average Bonchev–Trinajstić information content (AvgIpc) is 2.27. The highest BCUT2D eigenvalue weighted by Gasteiger charge is 2.02. The van der Waals surface area contributed by atoms with E-state index in [2.05, 4.69) is 35.0 Å². The van der Waals surface area contributed by atoms with Crippen LogP contribution in [0.15, 0.2) is 51.8 Å². The predicted octanol–water partition coefficient (Wildman–Crippen LogP) is 5.19. The van der Waals surface area contributed by atoms with Crippen LogP contribution in [-0.4, -0.2) is 0 Å². The van der Waals surface area contributed by atoms with E-state index >= 15 is 0 Å². The van der Waals surface area contributed by atoms with Gasteiger partial charge in [-0.2, -0.15) is 0 Å². The standard InChI is InChI=1S/C14H12BrFS/c1-10-4-2-3-5-14(10)17-9-11-6-12(15)8-13(16)7-11/h2-8H,9H2,1H3. The minimum atomic E-state index is -0.195. The van der Waals surface area contributed by atoms with Crippen molar-refractivity contribution in [2.75, 3.05) is 0 Å². The van der Waals surface area contributed by atoms with E-state index in [9.17, 15) is 4.39 Å². The van der Waals surface area contributed by atoms with E-state index in [1.165, 1.54) is 16.5 Å². The van der Waals surface area contributed by atoms with Crippen molar-refractivity contribution in [2.24, 2.45) is 0 Å². The molecule has 2 aromatic carbocycles. The first kappa shape index (κ1) is 12.7. The molecule has 3 heteroatoms. The number of hydrogen-bond acceptors (Lipinski definition) is 1. The van der Waals surface area contributed by atoms with Gasteiger partial charge in [0.2, 0.25) is 0 Å². The quantitative estimate of drug-likeness (QED) is 0.703. The summed E-state index contributed by atoms with van der Waals surface area (Å²) in [6.07, 6.45) is 0. The normalized spacial score (nSPS) is 10.5. The molecule has 0 spiro atoms. The first-order valence-corrected chi connectivity index (χ1v) is 7.06. The first-order valence-electron chi connectivity index (χ1n) is 5.28. The molecule has 0 aliphatic carbocycles. The van der Waals surface area contributed by atoms with Crippen LogP contribution in [0.2, 0.25) is 0 Å². The summed E-state index contributed by atoms with van der Waals surface area (Å²) in [7, 11) is 0. The summed E-state index contributed by atoms with van der Waals surface area (Å²) < 4.78 is 14.0. The summed E-state index contributed by atoms with van der Waals surface area (Å²) in [5, 5.41) is 0. The van der Waals surface area contributed by atoms with E-state index in [1.807, 2.05) is 18.2 Å². The highest BCUT2D eigenvalue weighted by Crippen LogP contribution is 2.27. The van der Waals surface area contributed by atoms with E-state index in [-0.39, 0.29) is 5.82 Å². The number of rotatable bonds is 3. The monoisotopic (exact) mass is 310 g/mol. The lowest BCUT2D eigenvalue weighted by molar-refractivity contribution is 0.625. The Morgan fingerprint density at radius 3 is 2.65 bits per heavy atom. The molecule has 0 aliphatic heterocycles. The Labute approximate surface area is 113 Å². The second-order valence-electron chi connectivity index (χ2n) is 3.83.